The van der Waals surface area contributed by atoms with Crippen LogP contribution in [0.2, 0.25) is 0 Å². The highest BCUT2D eigenvalue weighted by Crippen LogP contribution is 2.30. The van der Waals surface area contributed by atoms with E-state index in [1.807, 2.05) is 18.2 Å². The summed E-state index contributed by atoms with van der Waals surface area (Å²) in [5, 5.41) is 40.6. The summed E-state index contributed by atoms with van der Waals surface area (Å²) in [4.78, 5) is 96.0. The van der Waals surface area contributed by atoms with Gasteiger partial charge in [0.2, 0.25) is 23.9 Å². The van der Waals surface area contributed by atoms with Gasteiger partial charge in [0.05, 0.1) is 12.1 Å². The SMILES string of the molecule is CC(NC(=O)NC(Cc1c[nH]c2ccccc12)C(=O)O)C(=O)NC(C(=O)NC=C1CC(O)C(n2ccc(=O)[nH]c2=O)O1)C(C)N(C)C(=O)C(N)Cc1ccc(O)cc1. The van der Waals surface area contributed by atoms with Crippen LogP contribution in [0.25, 0.3) is 10.9 Å². The molecule has 3 heterocycles. The number of ether oxygens (including phenoxy) is 1. The lowest BCUT2D eigenvalue weighted by molar-refractivity contribution is -0.139. The van der Waals surface area contributed by atoms with Crippen LogP contribution in [0.1, 0.15) is 37.6 Å². The molecule has 0 spiro atoms. The normalized spacial score (nSPS) is 18.3. The summed E-state index contributed by atoms with van der Waals surface area (Å²) in [6.45, 7) is 2.78. The Morgan fingerprint density at radius 3 is 2.40 bits per heavy atom. The van der Waals surface area contributed by atoms with Gasteiger partial charge in [-0.2, -0.15) is 0 Å². The fourth-order valence-electron chi connectivity index (χ4n) is 6.32. The van der Waals surface area contributed by atoms with E-state index in [4.69, 9.17) is 10.5 Å². The van der Waals surface area contributed by atoms with Crippen molar-refractivity contribution >= 4 is 40.6 Å². The van der Waals surface area contributed by atoms with Crippen LogP contribution in [-0.2, 0) is 36.8 Å². The number of carbonyl (C=O) groups is 5. The Morgan fingerprint density at radius 2 is 1.71 bits per heavy atom. The number of nitrogens with zero attached hydrogens (tertiary/aromatic N) is 2. The largest absolute Gasteiger partial charge is 0.508 e. The van der Waals surface area contributed by atoms with Crippen LogP contribution in [0.4, 0.5) is 4.79 Å². The van der Waals surface area contributed by atoms with Crippen LogP contribution in [0.5, 0.6) is 5.75 Å². The second-order valence-corrected chi connectivity index (χ2v) is 13.9. The minimum Gasteiger partial charge on any atom is -0.508 e. The van der Waals surface area contributed by atoms with E-state index in [1.165, 1.54) is 37.9 Å². The molecule has 58 heavy (non-hydrogen) atoms. The molecule has 4 aromatic rings. The van der Waals surface area contributed by atoms with Gasteiger partial charge in [0, 0.05) is 55.5 Å². The first-order chi connectivity index (χ1) is 27.5. The van der Waals surface area contributed by atoms with E-state index in [1.54, 1.807) is 24.4 Å². The van der Waals surface area contributed by atoms with Crippen LogP contribution in [-0.4, -0.2) is 108 Å². The molecule has 11 N–H and O–H groups in total. The summed E-state index contributed by atoms with van der Waals surface area (Å²) in [5.41, 5.74) is 6.83. The number of urea groups is 1. The number of likely N-dealkylation sites (N-methyl/N-ethyl adjacent to an activating group) is 1. The number of phenols is 1. The monoisotopic (exact) mass is 803 g/mol. The van der Waals surface area contributed by atoms with E-state index >= 15 is 0 Å². The van der Waals surface area contributed by atoms with Crippen LogP contribution in [0.15, 0.2) is 88.5 Å². The Hall–Kier alpha value is -6.93. The molecule has 0 saturated carbocycles. The third-order valence-electron chi connectivity index (χ3n) is 9.69. The predicted molar refractivity (Wildman–Crippen MR) is 207 cm³/mol. The summed E-state index contributed by atoms with van der Waals surface area (Å²) in [7, 11) is 1.38. The molecule has 7 atom stereocenters. The first-order valence-electron chi connectivity index (χ1n) is 18.1. The minimum atomic E-state index is -1.50. The smallest absolute Gasteiger partial charge is 0.331 e. The number of aliphatic hydroxyl groups excluding tert-OH is 1. The van der Waals surface area contributed by atoms with Gasteiger partial charge in [-0.15, -0.1) is 0 Å². The Morgan fingerprint density at radius 1 is 1.00 bits per heavy atom. The van der Waals surface area contributed by atoms with E-state index < -0.39 is 83.5 Å². The number of aromatic amines is 2. The molecular formula is C38H45N9O11. The standard InChI is InChI=1S/C38H45N9O11/c1-19(42-37(56)43-28(36(54)55)15-22-17-40-27-7-5-4-6-25(22)27)32(51)45-31(20(2)46(3)34(53)26(39)14-21-8-10-23(48)11-9-21)33(52)41-18-24-16-29(49)35(58-24)47-13-12-30(50)44-38(47)57/h4-13,17-20,26,28-29,31,35,40,48-49H,14-16,39H2,1-3H3,(H,41,52)(H,45,51)(H,54,55)(H2,42,43,56)(H,44,50,57). The molecular weight excluding hydrogens is 758 g/mol. The second kappa shape index (κ2) is 18.3. The number of H-pyrrole nitrogens is 2. The molecule has 5 rings (SSSR count). The highest BCUT2D eigenvalue weighted by atomic mass is 16.5. The topological polar surface area (TPSA) is 303 Å². The van der Waals surface area contributed by atoms with E-state index in [0.29, 0.717) is 11.1 Å². The second-order valence-electron chi connectivity index (χ2n) is 13.9. The number of aliphatic hydroxyl groups is 1. The number of hydrogen-bond donors (Lipinski definition) is 10. The average molecular weight is 804 g/mol. The van der Waals surface area contributed by atoms with E-state index in [9.17, 15) is 48.9 Å². The molecule has 2 aromatic heterocycles. The summed E-state index contributed by atoms with van der Waals surface area (Å²) in [5.74, 6) is -3.58. The Labute approximate surface area is 330 Å². The van der Waals surface area contributed by atoms with Crippen molar-refractivity contribution in [2.24, 2.45) is 5.73 Å². The lowest BCUT2D eigenvalue weighted by Crippen LogP contribution is -2.61. The summed E-state index contributed by atoms with van der Waals surface area (Å²) in [6, 6.07) is 7.06. The number of amides is 5. The number of carboxylic acids is 1. The summed E-state index contributed by atoms with van der Waals surface area (Å²) >= 11 is 0. The van der Waals surface area contributed by atoms with Gasteiger partial charge in [-0.05, 0) is 49.6 Å². The van der Waals surface area contributed by atoms with Crippen LogP contribution >= 0.6 is 0 Å². The number of aromatic nitrogens is 3. The maximum Gasteiger partial charge on any atom is 0.331 e. The zero-order valence-electron chi connectivity index (χ0n) is 31.7. The number of fused-ring (bicyclic) bond motifs is 1. The number of aromatic hydroxyl groups is 1. The number of nitrogens with two attached hydrogens (primary N) is 1. The molecule has 1 saturated heterocycles. The van der Waals surface area contributed by atoms with Gasteiger partial charge in [0.15, 0.2) is 0 Å². The van der Waals surface area contributed by atoms with Gasteiger partial charge in [-0.3, -0.25) is 28.7 Å². The van der Waals surface area contributed by atoms with Gasteiger partial charge < -0.3 is 56.9 Å². The Kier molecular flexibility index (Phi) is 13.4. The Balaban J connectivity index is 1.28. The van der Waals surface area contributed by atoms with Crippen molar-refractivity contribution in [2.75, 3.05) is 7.05 Å². The van der Waals surface area contributed by atoms with Crippen molar-refractivity contribution in [1.29, 1.82) is 0 Å². The molecule has 2 aromatic carbocycles. The number of carbonyl (C=O) groups excluding carboxylic acids is 4. The van der Waals surface area contributed by atoms with Crippen LogP contribution in [0, 0.1) is 0 Å². The maximum absolute atomic E-state index is 13.8. The van der Waals surface area contributed by atoms with Crippen LogP contribution < -0.4 is 38.2 Å². The maximum atomic E-state index is 13.8. The molecule has 20 nitrogen and oxygen atoms in total. The number of rotatable bonds is 15. The molecule has 1 aliphatic heterocycles. The zero-order valence-corrected chi connectivity index (χ0v) is 31.7. The number of hydrogen-bond acceptors (Lipinski definition) is 11. The molecule has 0 aliphatic carbocycles. The fraction of sp³-hybridized carbons (Fsp3) is 0.342. The molecule has 0 bridgehead atoms. The molecule has 1 fully saturated rings. The van der Waals surface area contributed by atoms with Gasteiger partial charge >= 0.3 is 17.7 Å². The van der Waals surface area contributed by atoms with Gasteiger partial charge in [-0.1, -0.05) is 30.3 Å². The van der Waals surface area contributed by atoms with Crippen molar-refractivity contribution < 1.29 is 44.0 Å². The third-order valence-corrected chi connectivity index (χ3v) is 9.69. The number of para-hydroxylation sites is 1. The van der Waals surface area contributed by atoms with Crippen molar-refractivity contribution in [2.45, 2.75) is 75.7 Å². The molecule has 5 amide bonds. The first kappa shape index (κ1) is 42.2. The molecule has 308 valence electrons. The number of phenolic OH excluding ortho intramolecular Hbond substituents is 1. The third kappa shape index (κ3) is 10.3. The zero-order chi connectivity index (χ0) is 42.3. The molecule has 20 heteroatoms. The van der Waals surface area contributed by atoms with Gasteiger partial charge in [-0.25, -0.2) is 14.4 Å². The van der Waals surface area contributed by atoms with E-state index in [0.717, 1.165) is 33.9 Å². The number of nitrogens with one attached hydrogen (secondary N) is 6. The average Bonchev–Trinajstić information content (AvgIpc) is 3.77. The Bertz CT molecular complexity index is 2300. The summed E-state index contributed by atoms with van der Waals surface area (Å²) < 4.78 is 6.64. The quantitative estimate of drug-likeness (QED) is 0.0710. The van der Waals surface area contributed by atoms with Gasteiger partial charge in [0.25, 0.3) is 5.56 Å². The lowest BCUT2D eigenvalue weighted by atomic mass is 10.0. The minimum absolute atomic E-state index is 0.0284. The highest BCUT2D eigenvalue weighted by molar-refractivity contribution is 5.94. The van der Waals surface area contributed by atoms with Crippen molar-refractivity contribution in [1.82, 2.24) is 40.7 Å². The van der Waals surface area contributed by atoms with E-state index in [-0.39, 0.29) is 30.8 Å². The predicted octanol–water partition coefficient (Wildman–Crippen LogP) is -0.754. The fourth-order valence-corrected chi connectivity index (χ4v) is 6.32. The van der Waals surface area contributed by atoms with Gasteiger partial charge in [0.1, 0.15) is 35.7 Å². The number of aliphatic carboxylic acids is 1. The highest BCUT2D eigenvalue weighted by Gasteiger charge is 2.36. The van der Waals surface area contributed by atoms with Crippen molar-refractivity contribution in [3.8, 4) is 5.75 Å². The molecule has 7 unspecified atom stereocenters. The number of benzene rings is 2. The molecule has 1 aliphatic rings. The van der Waals surface area contributed by atoms with E-state index in [2.05, 4.69) is 31.2 Å². The lowest BCUT2D eigenvalue weighted by Gasteiger charge is -2.33. The molecule has 0 radical (unpaired) electrons. The van der Waals surface area contributed by atoms with Crippen LogP contribution in [0.3, 0.4) is 0 Å². The van der Waals surface area contributed by atoms with Crippen molar-refractivity contribution in [3.05, 3.63) is 111 Å². The van der Waals surface area contributed by atoms with Crippen molar-refractivity contribution in [3.63, 3.8) is 0 Å². The summed E-state index contributed by atoms with van der Waals surface area (Å²) in [6.07, 6.45) is 1.28. The number of carboxylic acid groups (broad SMARTS) is 1. The first-order valence-corrected chi connectivity index (χ1v) is 18.1.